The molecule has 4 nitrogen and oxygen atoms in total. The van der Waals surface area contributed by atoms with Crippen molar-refractivity contribution in [2.75, 3.05) is 0 Å². The van der Waals surface area contributed by atoms with Crippen LogP contribution in [0, 0.1) is 6.92 Å². The summed E-state index contributed by atoms with van der Waals surface area (Å²) in [5, 5.41) is 12.3. The number of phenols is 1. The molecule has 0 fully saturated rings. The Hall–Kier alpha value is -6.26. The van der Waals surface area contributed by atoms with Crippen LogP contribution in [0.2, 0.25) is 0 Å². The summed E-state index contributed by atoms with van der Waals surface area (Å²) in [6.07, 6.45) is 1.92. The van der Waals surface area contributed by atoms with Crippen LogP contribution in [-0.2, 0) is 10.8 Å². The molecule has 2 heterocycles. The van der Waals surface area contributed by atoms with Crippen molar-refractivity contribution in [2.45, 2.75) is 98.8 Å². The second-order valence-corrected chi connectivity index (χ2v) is 19.5. The lowest BCUT2D eigenvalue weighted by Gasteiger charge is -2.23. The number of aryl methyl sites for hydroxylation is 1. The summed E-state index contributed by atoms with van der Waals surface area (Å²) >= 11 is 0. The van der Waals surface area contributed by atoms with Crippen molar-refractivity contribution < 1.29 is 5.11 Å². The van der Waals surface area contributed by atoms with Crippen LogP contribution in [0.15, 0.2) is 140 Å². The highest BCUT2D eigenvalue weighted by Gasteiger charge is 2.26. The molecule has 0 unspecified atom stereocenters. The largest absolute Gasteiger partial charge is 0.507 e. The first-order valence-electron chi connectivity index (χ1n) is 21.8. The van der Waals surface area contributed by atoms with E-state index in [1.165, 1.54) is 27.8 Å². The first-order valence-corrected chi connectivity index (χ1v) is 21.8. The molecule has 0 aliphatic rings. The molecule has 0 saturated heterocycles. The van der Waals surface area contributed by atoms with E-state index < -0.39 is 0 Å². The summed E-state index contributed by atoms with van der Waals surface area (Å²) in [6, 6.07) is 48.2. The Balaban J connectivity index is 1.43. The van der Waals surface area contributed by atoms with E-state index in [2.05, 4.69) is 214 Å². The van der Waals surface area contributed by atoms with E-state index in [4.69, 9.17) is 9.97 Å². The summed E-state index contributed by atoms with van der Waals surface area (Å²) < 4.78 is 2.28. The van der Waals surface area contributed by atoms with Crippen LogP contribution in [0.25, 0.3) is 72.7 Å². The minimum absolute atomic E-state index is 0.122. The van der Waals surface area contributed by atoms with Gasteiger partial charge in [-0.3, -0.25) is 9.55 Å². The molecule has 0 saturated carbocycles. The maximum absolute atomic E-state index is 12.3. The molecule has 308 valence electrons. The summed E-state index contributed by atoms with van der Waals surface area (Å²) in [4.78, 5) is 10.6. The number of hydrogen-bond donors (Lipinski definition) is 1. The van der Waals surface area contributed by atoms with Crippen LogP contribution in [0.3, 0.4) is 0 Å². The van der Waals surface area contributed by atoms with Crippen molar-refractivity contribution in [3.05, 3.63) is 167 Å². The van der Waals surface area contributed by atoms with Gasteiger partial charge >= 0.3 is 0 Å². The normalized spacial score (nSPS) is 12.2. The Morgan fingerprint density at radius 2 is 1.20 bits per heavy atom. The molecule has 0 aliphatic carbocycles. The van der Waals surface area contributed by atoms with E-state index in [9.17, 15) is 5.11 Å². The third-order valence-corrected chi connectivity index (χ3v) is 12.1. The number of aromatic hydroxyl groups is 1. The third kappa shape index (κ3) is 8.29. The SMILES string of the molecule is Cc1ccc(-c2ccnc(-c3cc(-c4cccc5c4nc(-c4cc(C(C)C)cc(C(C)C)c4O)n5-c4cc(-c5ccccc5)cc(C(C)(C)C)c4)cc(C(C)(C)C)c3)c2)cc1. The molecule has 0 bridgehead atoms. The predicted octanol–water partition coefficient (Wildman–Crippen LogP) is 15.6. The lowest BCUT2D eigenvalue weighted by atomic mass is 9.83. The summed E-state index contributed by atoms with van der Waals surface area (Å²) in [5.74, 6) is 1.38. The predicted molar refractivity (Wildman–Crippen MR) is 258 cm³/mol. The second kappa shape index (κ2) is 16.0. The van der Waals surface area contributed by atoms with Gasteiger partial charge in [0.25, 0.3) is 0 Å². The fourth-order valence-electron chi connectivity index (χ4n) is 8.25. The van der Waals surface area contributed by atoms with Crippen LogP contribution >= 0.6 is 0 Å². The first-order chi connectivity index (χ1) is 29.0. The number of rotatable bonds is 8. The molecule has 8 rings (SSSR count). The van der Waals surface area contributed by atoms with Crippen LogP contribution in [0.5, 0.6) is 5.75 Å². The van der Waals surface area contributed by atoms with E-state index in [1.54, 1.807) is 0 Å². The van der Waals surface area contributed by atoms with Crippen molar-refractivity contribution in [3.8, 4) is 67.5 Å². The molecule has 1 N–H and O–H groups in total. The Labute approximate surface area is 363 Å². The number of hydrogen-bond acceptors (Lipinski definition) is 3. The minimum Gasteiger partial charge on any atom is -0.507 e. The first kappa shape index (κ1) is 41.5. The van der Waals surface area contributed by atoms with Crippen molar-refractivity contribution in [1.29, 1.82) is 0 Å². The molecule has 8 aromatic rings. The number of nitrogens with zero attached hydrogens (tertiary/aromatic N) is 3. The van der Waals surface area contributed by atoms with Gasteiger partial charge in [-0.25, -0.2) is 4.98 Å². The molecule has 0 atom stereocenters. The quantitative estimate of drug-likeness (QED) is 0.166. The fourth-order valence-corrected chi connectivity index (χ4v) is 8.25. The smallest absolute Gasteiger partial charge is 0.149 e. The number of para-hydroxylation sites is 1. The maximum Gasteiger partial charge on any atom is 0.149 e. The molecule has 0 aliphatic heterocycles. The van der Waals surface area contributed by atoms with Gasteiger partial charge in [0, 0.05) is 23.0 Å². The molecule has 61 heavy (non-hydrogen) atoms. The number of benzene rings is 6. The Morgan fingerprint density at radius 3 is 1.87 bits per heavy atom. The zero-order valence-electron chi connectivity index (χ0n) is 37.7. The molecular formula is C57H59N3O. The molecule has 6 aromatic carbocycles. The van der Waals surface area contributed by atoms with Gasteiger partial charge < -0.3 is 5.11 Å². The Bertz CT molecular complexity index is 2880. The molecule has 0 spiro atoms. The zero-order valence-corrected chi connectivity index (χ0v) is 37.7. The number of pyridine rings is 1. The van der Waals surface area contributed by atoms with Gasteiger partial charge in [-0.2, -0.15) is 0 Å². The Morgan fingerprint density at radius 1 is 0.541 bits per heavy atom. The van der Waals surface area contributed by atoms with Crippen molar-refractivity contribution in [2.24, 2.45) is 0 Å². The van der Waals surface area contributed by atoms with E-state index in [-0.39, 0.29) is 28.4 Å². The standard InChI is InChI=1S/C57H59N3O/c1-35(2)41-31-49(36(3)4)54(61)50(32-41)55-59-53-48(18-15-19-52(53)60(55)47-30-42(38-16-13-12-14-17-38)27-46(34-47)57(9,10)11)43-26-44(29-45(28-43)56(6,7)8)51-33-40(24-25-58-51)39-22-20-37(5)21-23-39/h12-36,61H,1-11H3. The van der Waals surface area contributed by atoms with Crippen molar-refractivity contribution in [1.82, 2.24) is 14.5 Å². The molecule has 2 aromatic heterocycles. The van der Waals surface area contributed by atoms with E-state index >= 15 is 0 Å². The highest BCUT2D eigenvalue weighted by molar-refractivity contribution is 5.97. The van der Waals surface area contributed by atoms with Gasteiger partial charge in [0.2, 0.25) is 0 Å². The minimum atomic E-state index is -0.130. The Kier molecular flexibility index (Phi) is 10.9. The highest BCUT2D eigenvalue weighted by Crippen LogP contribution is 2.44. The number of imidazole rings is 1. The van der Waals surface area contributed by atoms with Gasteiger partial charge in [-0.15, -0.1) is 0 Å². The van der Waals surface area contributed by atoms with Crippen molar-refractivity contribution >= 4 is 11.0 Å². The van der Waals surface area contributed by atoms with E-state index in [0.717, 1.165) is 66.9 Å². The summed E-state index contributed by atoms with van der Waals surface area (Å²) in [5.41, 5.74) is 17.8. The molecular weight excluding hydrogens is 743 g/mol. The van der Waals surface area contributed by atoms with Gasteiger partial charge in [0.15, 0.2) is 0 Å². The van der Waals surface area contributed by atoms with Gasteiger partial charge in [0.1, 0.15) is 11.6 Å². The van der Waals surface area contributed by atoms with Crippen LogP contribution < -0.4 is 0 Å². The monoisotopic (exact) mass is 801 g/mol. The topological polar surface area (TPSA) is 50.9 Å². The zero-order chi connectivity index (χ0) is 43.4. The number of aromatic nitrogens is 3. The molecule has 0 amide bonds. The van der Waals surface area contributed by atoms with Crippen molar-refractivity contribution in [3.63, 3.8) is 0 Å². The fraction of sp³-hybridized carbons (Fsp3) is 0.263. The van der Waals surface area contributed by atoms with Gasteiger partial charge in [0.05, 0.1) is 22.3 Å². The lowest BCUT2D eigenvalue weighted by Crippen LogP contribution is -2.12. The summed E-state index contributed by atoms with van der Waals surface area (Å²) in [6.45, 7) is 24.4. The highest BCUT2D eigenvalue weighted by atomic mass is 16.3. The van der Waals surface area contributed by atoms with Gasteiger partial charge in [-0.1, -0.05) is 160 Å². The number of fused-ring (bicyclic) bond motifs is 1. The summed E-state index contributed by atoms with van der Waals surface area (Å²) in [7, 11) is 0. The second-order valence-electron chi connectivity index (χ2n) is 19.5. The van der Waals surface area contributed by atoms with E-state index in [0.29, 0.717) is 5.82 Å². The average Bonchev–Trinajstić information content (AvgIpc) is 3.63. The molecule has 0 radical (unpaired) electrons. The molecule has 4 heteroatoms. The lowest BCUT2D eigenvalue weighted by molar-refractivity contribution is 0.466. The average molecular weight is 802 g/mol. The van der Waals surface area contributed by atoms with Crippen LogP contribution in [-0.4, -0.2) is 19.6 Å². The van der Waals surface area contributed by atoms with Crippen LogP contribution in [0.4, 0.5) is 0 Å². The maximum atomic E-state index is 12.3. The third-order valence-electron chi connectivity index (χ3n) is 12.1. The van der Waals surface area contributed by atoms with Crippen LogP contribution in [0.1, 0.15) is 109 Å². The van der Waals surface area contributed by atoms with E-state index in [1.807, 2.05) is 6.20 Å². The van der Waals surface area contributed by atoms with Gasteiger partial charge in [-0.05, 0) is 128 Å². The number of phenolic OH excluding ortho intramolecular Hbond substituents is 1.